The van der Waals surface area contributed by atoms with E-state index in [1.165, 1.54) is 47.0 Å². The van der Waals surface area contributed by atoms with E-state index in [0.717, 1.165) is 16.0 Å². The van der Waals surface area contributed by atoms with Gasteiger partial charge in [0.25, 0.3) is 15.9 Å². The summed E-state index contributed by atoms with van der Waals surface area (Å²) in [5.41, 5.74) is 1.75. The van der Waals surface area contributed by atoms with E-state index < -0.39 is 15.9 Å². The molecule has 0 bridgehead atoms. The van der Waals surface area contributed by atoms with E-state index in [2.05, 4.69) is 4.99 Å². The van der Waals surface area contributed by atoms with Crippen molar-refractivity contribution in [2.75, 3.05) is 18.5 Å². The molecule has 0 saturated carbocycles. The maximum absolute atomic E-state index is 13.0. The van der Waals surface area contributed by atoms with Crippen LogP contribution >= 0.6 is 11.3 Å². The Morgan fingerprint density at radius 1 is 1.03 bits per heavy atom. The minimum Gasteiger partial charge on any atom is -0.495 e. The van der Waals surface area contributed by atoms with Crippen LogP contribution < -0.4 is 13.8 Å². The highest BCUT2D eigenvalue weighted by Gasteiger charge is 2.21. The highest BCUT2D eigenvalue weighted by Crippen LogP contribution is 2.27. The summed E-state index contributed by atoms with van der Waals surface area (Å²) < 4.78 is 35.5. The second kappa shape index (κ2) is 9.21. The zero-order valence-corrected chi connectivity index (χ0v) is 20.1. The summed E-state index contributed by atoms with van der Waals surface area (Å²) in [4.78, 5) is 17.8. The normalized spacial score (nSPS) is 12.2. The van der Waals surface area contributed by atoms with Gasteiger partial charge in [0.05, 0.1) is 22.4 Å². The molecular formula is C24H23N3O4S2. The van der Waals surface area contributed by atoms with Gasteiger partial charge >= 0.3 is 0 Å². The van der Waals surface area contributed by atoms with Crippen LogP contribution in [0.1, 0.15) is 17.3 Å². The first-order valence-corrected chi connectivity index (χ1v) is 12.5. The number of sulfonamides is 1. The first-order chi connectivity index (χ1) is 15.9. The van der Waals surface area contributed by atoms with Crippen LogP contribution in [0.15, 0.2) is 82.7 Å². The minimum atomic E-state index is -3.75. The number of ether oxygens (including phenoxy) is 1. The SMILES string of the molecule is CCn1c(=NC(=O)c2ccc(S(=O)(=O)N(C)c3ccccc3)cc2)sc2cccc(OC)c21. The average molecular weight is 482 g/mol. The van der Waals surface area contributed by atoms with Crippen molar-refractivity contribution < 1.29 is 17.9 Å². The third-order valence-electron chi connectivity index (χ3n) is 5.28. The lowest BCUT2D eigenvalue weighted by atomic mass is 10.2. The van der Waals surface area contributed by atoms with Crippen LogP contribution in [-0.4, -0.2) is 33.0 Å². The van der Waals surface area contributed by atoms with E-state index in [1.54, 1.807) is 31.4 Å². The van der Waals surface area contributed by atoms with Crippen LogP contribution in [0.3, 0.4) is 0 Å². The van der Waals surface area contributed by atoms with Crippen LogP contribution in [0.4, 0.5) is 5.69 Å². The summed E-state index contributed by atoms with van der Waals surface area (Å²) in [7, 11) is -0.645. The second-order valence-electron chi connectivity index (χ2n) is 7.19. The summed E-state index contributed by atoms with van der Waals surface area (Å²) in [6, 6.07) is 20.4. The maximum Gasteiger partial charge on any atom is 0.279 e. The summed E-state index contributed by atoms with van der Waals surface area (Å²) in [5, 5.41) is 0. The first-order valence-electron chi connectivity index (χ1n) is 10.3. The molecule has 7 nitrogen and oxygen atoms in total. The van der Waals surface area contributed by atoms with Crippen molar-refractivity contribution in [2.45, 2.75) is 18.4 Å². The molecule has 1 amide bonds. The first kappa shape index (κ1) is 22.8. The Hall–Kier alpha value is -3.43. The molecule has 0 aliphatic rings. The molecule has 0 atom stereocenters. The number of hydrogen-bond acceptors (Lipinski definition) is 5. The number of para-hydroxylation sites is 2. The lowest BCUT2D eigenvalue weighted by molar-refractivity contribution is 0.0997. The molecule has 1 heterocycles. The van der Waals surface area contributed by atoms with Gasteiger partial charge in [-0.2, -0.15) is 4.99 Å². The molecule has 9 heteroatoms. The van der Waals surface area contributed by atoms with E-state index in [1.807, 2.05) is 35.8 Å². The van der Waals surface area contributed by atoms with Crippen LogP contribution in [0.2, 0.25) is 0 Å². The number of fused-ring (bicyclic) bond motifs is 1. The van der Waals surface area contributed by atoms with E-state index in [9.17, 15) is 13.2 Å². The van der Waals surface area contributed by atoms with Gasteiger partial charge in [-0.05, 0) is 55.5 Å². The number of anilines is 1. The fourth-order valence-electron chi connectivity index (χ4n) is 3.50. The monoisotopic (exact) mass is 481 g/mol. The standard InChI is InChI=1S/C24H23N3O4S2/c1-4-27-22-20(31-3)11-8-12-21(22)32-24(27)25-23(28)17-13-15-19(16-14-17)33(29,30)26(2)18-9-6-5-7-10-18/h5-16H,4H2,1-3H3. The van der Waals surface area contributed by atoms with Gasteiger partial charge in [0.1, 0.15) is 11.3 Å². The number of aromatic nitrogens is 1. The molecule has 4 rings (SSSR count). The Morgan fingerprint density at radius 2 is 1.73 bits per heavy atom. The molecule has 0 radical (unpaired) electrons. The average Bonchev–Trinajstić information content (AvgIpc) is 3.21. The number of aryl methyl sites for hydroxylation is 1. The number of hydrogen-bond donors (Lipinski definition) is 0. The minimum absolute atomic E-state index is 0.0978. The number of thiazole rings is 1. The van der Waals surface area contributed by atoms with E-state index in [-0.39, 0.29) is 4.90 Å². The largest absolute Gasteiger partial charge is 0.495 e. The summed E-state index contributed by atoms with van der Waals surface area (Å²) in [6.45, 7) is 2.60. The molecule has 4 aromatic rings. The smallest absolute Gasteiger partial charge is 0.279 e. The Bertz CT molecular complexity index is 1470. The quantitative estimate of drug-likeness (QED) is 0.411. The highest BCUT2D eigenvalue weighted by atomic mass is 32.2. The number of rotatable bonds is 6. The fourth-order valence-corrected chi connectivity index (χ4v) is 5.80. The number of amides is 1. The lowest BCUT2D eigenvalue weighted by Gasteiger charge is -2.19. The fraction of sp³-hybridized carbons (Fsp3) is 0.167. The summed E-state index contributed by atoms with van der Waals surface area (Å²) in [5.74, 6) is 0.277. The van der Waals surface area contributed by atoms with Crippen LogP contribution in [-0.2, 0) is 16.6 Å². The maximum atomic E-state index is 13.0. The summed E-state index contributed by atoms with van der Waals surface area (Å²) >= 11 is 1.40. The molecule has 0 saturated heterocycles. The van der Waals surface area contributed by atoms with Crippen LogP contribution in [0, 0.1) is 0 Å². The Kier molecular flexibility index (Phi) is 6.35. The van der Waals surface area contributed by atoms with Crippen molar-refractivity contribution in [3.05, 3.63) is 83.2 Å². The van der Waals surface area contributed by atoms with Crippen molar-refractivity contribution >= 4 is 43.2 Å². The van der Waals surface area contributed by atoms with Crippen molar-refractivity contribution in [3.8, 4) is 5.75 Å². The Morgan fingerprint density at radius 3 is 2.36 bits per heavy atom. The number of methoxy groups -OCH3 is 1. The number of carbonyl (C=O) groups is 1. The molecule has 0 aliphatic heterocycles. The van der Waals surface area contributed by atoms with E-state index in [4.69, 9.17) is 4.74 Å². The van der Waals surface area contributed by atoms with Crippen LogP contribution in [0.25, 0.3) is 10.2 Å². The number of nitrogens with zero attached hydrogens (tertiary/aromatic N) is 3. The lowest BCUT2D eigenvalue weighted by Crippen LogP contribution is -2.26. The Labute approximate surface area is 196 Å². The van der Waals surface area contributed by atoms with Gasteiger partial charge in [-0.1, -0.05) is 35.6 Å². The van der Waals surface area contributed by atoms with Gasteiger partial charge in [-0.25, -0.2) is 8.42 Å². The zero-order chi connectivity index (χ0) is 23.6. The summed E-state index contributed by atoms with van der Waals surface area (Å²) in [6.07, 6.45) is 0. The number of benzene rings is 3. The van der Waals surface area contributed by atoms with Gasteiger partial charge in [0, 0.05) is 19.2 Å². The van der Waals surface area contributed by atoms with Crippen molar-refractivity contribution in [3.63, 3.8) is 0 Å². The van der Waals surface area contributed by atoms with Gasteiger partial charge in [0.15, 0.2) is 4.80 Å². The number of carbonyl (C=O) groups excluding carboxylic acids is 1. The highest BCUT2D eigenvalue weighted by molar-refractivity contribution is 7.92. The Balaban J connectivity index is 1.67. The molecule has 170 valence electrons. The van der Waals surface area contributed by atoms with Crippen molar-refractivity contribution in [1.82, 2.24) is 4.57 Å². The molecule has 3 aromatic carbocycles. The van der Waals surface area contributed by atoms with Crippen molar-refractivity contribution in [2.24, 2.45) is 4.99 Å². The van der Waals surface area contributed by atoms with E-state index >= 15 is 0 Å². The molecule has 0 aliphatic carbocycles. The molecule has 1 aromatic heterocycles. The predicted molar refractivity (Wildman–Crippen MR) is 130 cm³/mol. The third kappa shape index (κ3) is 4.29. The molecular weight excluding hydrogens is 458 g/mol. The van der Waals surface area contributed by atoms with E-state index in [0.29, 0.717) is 22.6 Å². The molecule has 0 spiro atoms. The van der Waals surface area contributed by atoms with Gasteiger partial charge in [0.2, 0.25) is 0 Å². The molecule has 0 fully saturated rings. The molecule has 0 N–H and O–H groups in total. The van der Waals surface area contributed by atoms with Crippen LogP contribution in [0.5, 0.6) is 5.75 Å². The van der Waals surface area contributed by atoms with Gasteiger partial charge in [-0.3, -0.25) is 9.10 Å². The van der Waals surface area contributed by atoms with Crippen molar-refractivity contribution in [1.29, 1.82) is 0 Å². The third-order valence-corrected chi connectivity index (χ3v) is 8.12. The molecule has 33 heavy (non-hydrogen) atoms. The topological polar surface area (TPSA) is 81.0 Å². The molecule has 0 unspecified atom stereocenters. The van der Waals surface area contributed by atoms with Gasteiger partial charge in [-0.15, -0.1) is 0 Å². The van der Waals surface area contributed by atoms with Gasteiger partial charge < -0.3 is 9.30 Å². The second-order valence-corrected chi connectivity index (χ2v) is 10.2. The zero-order valence-electron chi connectivity index (χ0n) is 18.4. The predicted octanol–water partition coefficient (Wildman–Crippen LogP) is 4.30.